The molecule has 1 aliphatic rings. The van der Waals surface area contributed by atoms with Crippen LogP contribution in [0.2, 0.25) is 0 Å². The third kappa shape index (κ3) is 4.99. The van der Waals surface area contributed by atoms with Crippen LogP contribution in [0.15, 0.2) is 42.5 Å². The summed E-state index contributed by atoms with van der Waals surface area (Å²) < 4.78 is 79.2. The lowest BCUT2D eigenvalue weighted by Crippen LogP contribution is -2.45. The lowest BCUT2D eigenvalue weighted by molar-refractivity contribution is -0.0500. The van der Waals surface area contributed by atoms with Crippen LogP contribution < -0.4 is 4.18 Å². The van der Waals surface area contributed by atoms with Gasteiger partial charge in [0.15, 0.2) is 5.82 Å². The van der Waals surface area contributed by atoms with E-state index in [1.54, 1.807) is 0 Å². The number of benzene rings is 2. The van der Waals surface area contributed by atoms with Crippen molar-refractivity contribution < 1.29 is 30.2 Å². The summed E-state index contributed by atoms with van der Waals surface area (Å²) >= 11 is 1.15. The van der Waals surface area contributed by atoms with Crippen molar-refractivity contribution in [1.82, 2.24) is 9.88 Å². The first-order chi connectivity index (χ1) is 15.4. The highest BCUT2D eigenvalue weighted by Gasteiger charge is 2.48. The molecule has 178 valence electrons. The molecule has 0 bridgehead atoms. The molecule has 0 aliphatic carbocycles. The van der Waals surface area contributed by atoms with Gasteiger partial charge in [0.2, 0.25) is 0 Å². The Morgan fingerprint density at radius 3 is 2.36 bits per heavy atom. The minimum absolute atomic E-state index is 0.00113. The molecule has 3 aromatic rings. The molecule has 0 saturated carbocycles. The SMILES string of the molecule is C[C@@H]1C[C@H](c2nc3c(F)cc(OS(=O)(=O)C(F)(F)F)cc3s2)C[C@H](C)N1Cc1ccccc1. The Labute approximate surface area is 193 Å². The predicted molar refractivity (Wildman–Crippen MR) is 118 cm³/mol. The summed E-state index contributed by atoms with van der Waals surface area (Å²) in [4.78, 5) is 6.81. The van der Waals surface area contributed by atoms with Crippen LogP contribution in [-0.2, 0) is 16.7 Å². The molecule has 1 saturated heterocycles. The van der Waals surface area contributed by atoms with Crippen molar-refractivity contribution in [2.24, 2.45) is 0 Å². The minimum atomic E-state index is -5.88. The van der Waals surface area contributed by atoms with Crippen LogP contribution in [0, 0.1) is 5.82 Å². The molecule has 1 aromatic heterocycles. The van der Waals surface area contributed by atoms with Crippen molar-refractivity contribution in [3.05, 3.63) is 58.9 Å². The fourth-order valence-electron chi connectivity index (χ4n) is 4.31. The van der Waals surface area contributed by atoms with Crippen molar-refractivity contribution in [2.45, 2.75) is 56.7 Å². The first-order valence-corrected chi connectivity index (χ1v) is 12.6. The Hall–Kier alpha value is -2.24. The molecule has 2 heterocycles. The average Bonchev–Trinajstić information content (AvgIpc) is 3.15. The van der Waals surface area contributed by atoms with Gasteiger partial charge < -0.3 is 4.18 Å². The average molecular weight is 503 g/mol. The van der Waals surface area contributed by atoms with Crippen LogP contribution in [0.25, 0.3) is 10.2 Å². The largest absolute Gasteiger partial charge is 0.534 e. The van der Waals surface area contributed by atoms with Gasteiger partial charge in [0.05, 0.1) is 9.71 Å². The monoisotopic (exact) mass is 502 g/mol. The van der Waals surface area contributed by atoms with Crippen LogP contribution in [0.4, 0.5) is 17.6 Å². The molecule has 3 atom stereocenters. The van der Waals surface area contributed by atoms with E-state index in [2.05, 4.69) is 40.0 Å². The molecule has 0 unspecified atom stereocenters. The second-order valence-electron chi connectivity index (χ2n) is 8.31. The summed E-state index contributed by atoms with van der Waals surface area (Å²) in [7, 11) is -5.88. The third-order valence-corrected chi connectivity index (χ3v) is 8.01. The number of hydrogen-bond donors (Lipinski definition) is 0. The van der Waals surface area contributed by atoms with Crippen molar-refractivity contribution in [1.29, 1.82) is 0 Å². The molecule has 0 radical (unpaired) electrons. The number of hydrogen-bond acceptors (Lipinski definition) is 6. The molecule has 5 nitrogen and oxygen atoms in total. The van der Waals surface area contributed by atoms with E-state index in [1.165, 1.54) is 5.56 Å². The number of piperidine rings is 1. The van der Waals surface area contributed by atoms with E-state index in [0.717, 1.165) is 36.8 Å². The van der Waals surface area contributed by atoms with E-state index in [-0.39, 0.29) is 28.2 Å². The van der Waals surface area contributed by atoms with E-state index < -0.39 is 27.2 Å². The van der Waals surface area contributed by atoms with Gasteiger partial charge in [-0.3, -0.25) is 4.90 Å². The van der Waals surface area contributed by atoms with E-state index in [9.17, 15) is 26.0 Å². The third-order valence-electron chi connectivity index (χ3n) is 5.87. The predicted octanol–water partition coefficient (Wildman–Crippen LogP) is 5.82. The van der Waals surface area contributed by atoms with Gasteiger partial charge in [-0.1, -0.05) is 30.3 Å². The first kappa shape index (κ1) is 23.9. The number of alkyl halides is 3. The van der Waals surface area contributed by atoms with Crippen molar-refractivity contribution in [2.75, 3.05) is 0 Å². The van der Waals surface area contributed by atoms with Crippen molar-refractivity contribution in [3.63, 3.8) is 0 Å². The molecule has 1 aliphatic heterocycles. The highest BCUT2D eigenvalue weighted by atomic mass is 32.2. The van der Waals surface area contributed by atoms with Crippen molar-refractivity contribution in [3.8, 4) is 5.75 Å². The van der Waals surface area contributed by atoms with Crippen LogP contribution in [0.3, 0.4) is 0 Å². The second kappa shape index (κ2) is 8.84. The zero-order valence-electron chi connectivity index (χ0n) is 17.8. The molecule has 2 aromatic carbocycles. The highest BCUT2D eigenvalue weighted by molar-refractivity contribution is 7.88. The standard InChI is InChI=1S/C22H22F4N2O3S2/c1-13-8-16(9-14(2)28(13)12-15-6-4-3-5-7-15)21-27-20-18(23)10-17(11-19(20)32-21)31-33(29,30)22(24,25)26/h3-7,10-11,13-14,16H,8-9,12H2,1-2H3/t13-,14+,16+. The summed E-state index contributed by atoms with van der Waals surface area (Å²) in [6.45, 7) is 5.08. The summed E-state index contributed by atoms with van der Waals surface area (Å²) in [6, 6.07) is 12.3. The molecular formula is C22H22F4N2O3S2. The van der Waals surface area contributed by atoms with Gasteiger partial charge >= 0.3 is 15.6 Å². The maximum absolute atomic E-state index is 14.5. The Balaban J connectivity index is 1.55. The molecule has 0 amide bonds. The van der Waals surface area contributed by atoms with Gasteiger partial charge in [-0.15, -0.1) is 11.3 Å². The van der Waals surface area contributed by atoms with Crippen molar-refractivity contribution >= 4 is 31.7 Å². The highest BCUT2D eigenvalue weighted by Crippen LogP contribution is 2.40. The number of likely N-dealkylation sites (tertiary alicyclic amines) is 1. The Morgan fingerprint density at radius 1 is 1.12 bits per heavy atom. The number of rotatable bonds is 5. The van der Waals surface area contributed by atoms with E-state index in [0.29, 0.717) is 11.1 Å². The fraction of sp³-hybridized carbons (Fsp3) is 0.409. The normalized spacial score (nSPS) is 22.5. The number of aromatic nitrogens is 1. The maximum Gasteiger partial charge on any atom is 0.534 e. The van der Waals surface area contributed by atoms with Crippen LogP contribution in [0.1, 0.15) is 43.2 Å². The van der Waals surface area contributed by atoms with E-state index in [4.69, 9.17) is 0 Å². The minimum Gasteiger partial charge on any atom is -0.376 e. The van der Waals surface area contributed by atoms with E-state index in [1.807, 2.05) is 18.2 Å². The summed E-state index contributed by atoms with van der Waals surface area (Å²) in [5.41, 5.74) is -4.38. The summed E-state index contributed by atoms with van der Waals surface area (Å²) in [6.07, 6.45) is 1.59. The zero-order valence-corrected chi connectivity index (χ0v) is 19.5. The molecule has 33 heavy (non-hydrogen) atoms. The van der Waals surface area contributed by atoms with Crippen LogP contribution >= 0.6 is 11.3 Å². The fourth-order valence-corrected chi connectivity index (χ4v) is 5.89. The Bertz CT molecular complexity index is 1230. The lowest BCUT2D eigenvalue weighted by Gasteiger charge is -2.42. The zero-order chi connectivity index (χ0) is 24.0. The summed E-state index contributed by atoms with van der Waals surface area (Å²) in [5, 5.41) is 0.679. The molecule has 11 heteroatoms. The quantitative estimate of drug-likeness (QED) is 0.250. The molecular weight excluding hydrogens is 480 g/mol. The molecule has 0 spiro atoms. The number of thiazole rings is 1. The van der Waals surface area contributed by atoms with Gasteiger partial charge in [-0.2, -0.15) is 21.6 Å². The van der Waals surface area contributed by atoms with Gasteiger partial charge in [-0.05, 0) is 32.3 Å². The van der Waals surface area contributed by atoms with Crippen LogP contribution in [0.5, 0.6) is 5.75 Å². The number of halogens is 4. The Morgan fingerprint density at radius 2 is 1.76 bits per heavy atom. The van der Waals surface area contributed by atoms with Gasteiger partial charge in [0.25, 0.3) is 0 Å². The molecule has 1 fully saturated rings. The number of fused-ring (bicyclic) bond motifs is 1. The lowest BCUT2D eigenvalue weighted by atomic mass is 9.87. The summed E-state index contributed by atoms with van der Waals surface area (Å²) in [5.74, 6) is -1.60. The molecule has 4 rings (SSSR count). The van der Waals surface area contributed by atoms with E-state index >= 15 is 0 Å². The van der Waals surface area contributed by atoms with Gasteiger partial charge in [-0.25, -0.2) is 9.37 Å². The van der Waals surface area contributed by atoms with Gasteiger partial charge in [0, 0.05) is 36.7 Å². The molecule has 0 N–H and O–H groups in total. The second-order valence-corrected chi connectivity index (χ2v) is 10.9. The topological polar surface area (TPSA) is 59.5 Å². The number of nitrogens with zero attached hydrogens (tertiary/aromatic N) is 2. The maximum atomic E-state index is 14.5. The Kier molecular flexibility index (Phi) is 6.41. The first-order valence-electron chi connectivity index (χ1n) is 10.3. The van der Waals surface area contributed by atoms with Gasteiger partial charge in [0.1, 0.15) is 11.3 Å². The van der Waals surface area contributed by atoms with Crippen LogP contribution in [-0.4, -0.2) is 35.9 Å². The smallest absolute Gasteiger partial charge is 0.376 e.